The molecule has 0 spiro atoms. The van der Waals surface area contributed by atoms with E-state index in [0.717, 1.165) is 50.3 Å². The highest BCUT2D eigenvalue weighted by Gasteiger charge is 2.18. The van der Waals surface area contributed by atoms with Gasteiger partial charge in [-0.05, 0) is 60.4 Å². The molecule has 1 aliphatic heterocycles. The maximum absolute atomic E-state index is 12.1. The molecule has 1 fully saturated rings. The molecule has 4 rings (SSSR count). The van der Waals surface area contributed by atoms with Crippen molar-refractivity contribution in [1.29, 1.82) is 0 Å². The van der Waals surface area contributed by atoms with Crippen molar-refractivity contribution in [2.75, 3.05) is 37.6 Å². The number of benzene rings is 2. The average Bonchev–Trinajstić information content (AvgIpc) is 2.83. The van der Waals surface area contributed by atoms with Crippen molar-refractivity contribution in [3.05, 3.63) is 77.6 Å². The molecule has 0 atom stereocenters. The number of piperazine rings is 1. The molecule has 1 amide bonds. The summed E-state index contributed by atoms with van der Waals surface area (Å²) in [5, 5.41) is 12.6. The van der Waals surface area contributed by atoms with Crippen LogP contribution in [0.25, 0.3) is 11.1 Å². The summed E-state index contributed by atoms with van der Waals surface area (Å²) in [6.07, 6.45) is 4.17. The number of carbonyl (C=O) groups is 1. The molecule has 0 aliphatic carbocycles. The van der Waals surface area contributed by atoms with Crippen LogP contribution in [0.4, 0.5) is 5.69 Å². The number of hydrogen-bond acceptors (Lipinski definition) is 5. The first-order valence-electron chi connectivity index (χ1n) is 11.6. The van der Waals surface area contributed by atoms with Crippen molar-refractivity contribution < 1.29 is 9.90 Å². The molecule has 0 bridgehead atoms. The standard InChI is InChI=1S/C27H32N4O2/c1-3-10-29-27(33)22-5-7-24(8-6-22)31-13-11-30(12-14-31)19-21-4-9-26(20(2)15-21)23-16-25(32)18-28-17-23/h4-9,15-18,32H,3,10-14,19H2,1-2H3,(H,29,33). The Morgan fingerprint density at radius 1 is 1.03 bits per heavy atom. The van der Waals surface area contributed by atoms with Gasteiger partial charge in [-0.1, -0.05) is 25.1 Å². The number of aromatic hydroxyl groups is 1. The number of carbonyl (C=O) groups excluding carboxylic acids is 1. The predicted octanol–water partition coefficient (Wildman–Crippen LogP) is 4.22. The van der Waals surface area contributed by atoms with E-state index in [1.807, 2.05) is 19.1 Å². The Balaban J connectivity index is 1.32. The van der Waals surface area contributed by atoms with E-state index >= 15 is 0 Å². The summed E-state index contributed by atoms with van der Waals surface area (Å²) >= 11 is 0. The van der Waals surface area contributed by atoms with E-state index < -0.39 is 0 Å². The van der Waals surface area contributed by atoms with E-state index in [-0.39, 0.29) is 11.7 Å². The van der Waals surface area contributed by atoms with Gasteiger partial charge in [-0.2, -0.15) is 0 Å². The zero-order valence-corrected chi connectivity index (χ0v) is 19.4. The van der Waals surface area contributed by atoms with Gasteiger partial charge in [0.1, 0.15) is 5.75 Å². The van der Waals surface area contributed by atoms with Gasteiger partial charge >= 0.3 is 0 Å². The first kappa shape index (κ1) is 22.8. The van der Waals surface area contributed by atoms with Crippen LogP contribution in [0.1, 0.15) is 34.8 Å². The quantitative estimate of drug-likeness (QED) is 0.571. The van der Waals surface area contributed by atoms with Crippen LogP contribution in [-0.2, 0) is 6.54 Å². The normalized spacial score (nSPS) is 14.3. The third-order valence-electron chi connectivity index (χ3n) is 6.13. The lowest BCUT2D eigenvalue weighted by molar-refractivity contribution is 0.0953. The van der Waals surface area contributed by atoms with Gasteiger partial charge in [0.25, 0.3) is 5.91 Å². The van der Waals surface area contributed by atoms with Gasteiger partial charge in [-0.3, -0.25) is 14.7 Å². The molecule has 6 heteroatoms. The number of amides is 1. The summed E-state index contributed by atoms with van der Waals surface area (Å²) < 4.78 is 0. The van der Waals surface area contributed by atoms with Crippen molar-refractivity contribution in [2.45, 2.75) is 26.8 Å². The third kappa shape index (κ3) is 5.71. The van der Waals surface area contributed by atoms with Gasteiger partial charge in [0.15, 0.2) is 0 Å². The number of anilines is 1. The topological polar surface area (TPSA) is 68.7 Å². The lowest BCUT2D eigenvalue weighted by Crippen LogP contribution is -2.46. The maximum Gasteiger partial charge on any atom is 0.251 e. The van der Waals surface area contributed by atoms with Crippen LogP contribution in [0.3, 0.4) is 0 Å². The predicted molar refractivity (Wildman–Crippen MR) is 133 cm³/mol. The van der Waals surface area contributed by atoms with E-state index in [1.165, 1.54) is 23.0 Å². The fraction of sp³-hybridized carbons (Fsp3) is 0.333. The van der Waals surface area contributed by atoms with Gasteiger partial charge in [0, 0.05) is 62.3 Å². The van der Waals surface area contributed by atoms with Crippen molar-refractivity contribution in [1.82, 2.24) is 15.2 Å². The van der Waals surface area contributed by atoms with Crippen LogP contribution < -0.4 is 10.2 Å². The van der Waals surface area contributed by atoms with E-state index in [4.69, 9.17) is 0 Å². The Morgan fingerprint density at radius 3 is 2.45 bits per heavy atom. The van der Waals surface area contributed by atoms with E-state index in [9.17, 15) is 9.90 Å². The smallest absolute Gasteiger partial charge is 0.251 e. The summed E-state index contributed by atoms with van der Waals surface area (Å²) in [7, 11) is 0. The zero-order chi connectivity index (χ0) is 23.2. The van der Waals surface area contributed by atoms with Crippen LogP contribution in [-0.4, -0.2) is 53.6 Å². The van der Waals surface area contributed by atoms with Crippen molar-refractivity contribution in [3.8, 4) is 16.9 Å². The van der Waals surface area contributed by atoms with Gasteiger partial charge in [0.05, 0.1) is 6.20 Å². The van der Waals surface area contributed by atoms with Gasteiger partial charge in [0.2, 0.25) is 0 Å². The highest BCUT2D eigenvalue weighted by molar-refractivity contribution is 5.94. The Labute approximate surface area is 195 Å². The molecular weight excluding hydrogens is 412 g/mol. The van der Waals surface area contributed by atoms with Crippen LogP contribution in [0.15, 0.2) is 60.9 Å². The molecule has 0 radical (unpaired) electrons. The molecule has 0 saturated carbocycles. The van der Waals surface area contributed by atoms with Crippen LogP contribution in [0, 0.1) is 6.92 Å². The number of nitrogens with zero attached hydrogens (tertiary/aromatic N) is 3. The lowest BCUT2D eigenvalue weighted by Gasteiger charge is -2.36. The molecule has 3 aromatic rings. The van der Waals surface area contributed by atoms with E-state index in [1.54, 1.807) is 12.3 Å². The van der Waals surface area contributed by atoms with Crippen LogP contribution in [0.2, 0.25) is 0 Å². The number of aromatic nitrogens is 1. The maximum atomic E-state index is 12.1. The number of pyridine rings is 1. The monoisotopic (exact) mass is 444 g/mol. The number of nitrogens with one attached hydrogen (secondary N) is 1. The van der Waals surface area contributed by atoms with Crippen LogP contribution in [0.5, 0.6) is 5.75 Å². The zero-order valence-electron chi connectivity index (χ0n) is 19.4. The summed E-state index contributed by atoms with van der Waals surface area (Å²) in [6, 6.07) is 16.2. The van der Waals surface area contributed by atoms with E-state index in [2.05, 4.69) is 57.4 Å². The fourth-order valence-electron chi connectivity index (χ4n) is 4.31. The molecule has 2 N–H and O–H groups in total. The second kappa shape index (κ2) is 10.5. The molecule has 2 aromatic carbocycles. The second-order valence-electron chi connectivity index (χ2n) is 8.65. The Morgan fingerprint density at radius 2 is 1.79 bits per heavy atom. The Kier molecular flexibility index (Phi) is 7.25. The molecule has 1 aliphatic rings. The Hall–Kier alpha value is -3.38. The molecule has 1 saturated heterocycles. The van der Waals surface area contributed by atoms with Gasteiger partial charge in [-0.15, -0.1) is 0 Å². The summed E-state index contributed by atoms with van der Waals surface area (Å²) in [5.41, 5.74) is 6.38. The molecule has 6 nitrogen and oxygen atoms in total. The first-order valence-corrected chi connectivity index (χ1v) is 11.6. The fourth-order valence-corrected chi connectivity index (χ4v) is 4.31. The number of rotatable bonds is 7. The molecule has 172 valence electrons. The third-order valence-corrected chi connectivity index (χ3v) is 6.13. The molecule has 1 aromatic heterocycles. The second-order valence-corrected chi connectivity index (χ2v) is 8.65. The molecule has 2 heterocycles. The number of aryl methyl sites for hydroxylation is 1. The van der Waals surface area contributed by atoms with Crippen molar-refractivity contribution in [2.24, 2.45) is 0 Å². The molecule has 33 heavy (non-hydrogen) atoms. The minimum Gasteiger partial charge on any atom is -0.506 e. The summed E-state index contributed by atoms with van der Waals surface area (Å²) in [4.78, 5) is 21.1. The molecule has 0 unspecified atom stereocenters. The van der Waals surface area contributed by atoms with Crippen molar-refractivity contribution in [3.63, 3.8) is 0 Å². The minimum atomic E-state index is -0.00476. The lowest BCUT2D eigenvalue weighted by atomic mass is 9.99. The average molecular weight is 445 g/mol. The Bertz CT molecular complexity index is 1090. The van der Waals surface area contributed by atoms with Crippen LogP contribution >= 0.6 is 0 Å². The van der Waals surface area contributed by atoms with Gasteiger partial charge < -0.3 is 15.3 Å². The number of hydrogen-bond donors (Lipinski definition) is 2. The summed E-state index contributed by atoms with van der Waals surface area (Å²) in [5.74, 6) is 0.179. The first-order chi connectivity index (χ1) is 16.0. The highest BCUT2D eigenvalue weighted by atomic mass is 16.3. The summed E-state index contributed by atoms with van der Waals surface area (Å²) in [6.45, 7) is 9.70. The van der Waals surface area contributed by atoms with Gasteiger partial charge in [-0.25, -0.2) is 0 Å². The molecular formula is C27H32N4O2. The SMILES string of the molecule is CCCNC(=O)c1ccc(N2CCN(Cc3ccc(-c4cncc(O)c4)c(C)c3)CC2)cc1. The highest BCUT2D eigenvalue weighted by Crippen LogP contribution is 2.27. The largest absolute Gasteiger partial charge is 0.506 e. The van der Waals surface area contributed by atoms with Crippen molar-refractivity contribution >= 4 is 11.6 Å². The minimum absolute atomic E-state index is 0.00476. The van der Waals surface area contributed by atoms with E-state index in [0.29, 0.717) is 12.1 Å².